The average molecular weight is 359 g/mol. The van der Waals surface area contributed by atoms with E-state index in [-0.39, 0.29) is 29.2 Å². The third kappa shape index (κ3) is 5.21. The summed E-state index contributed by atoms with van der Waals surface area (Å²) in [5.41, 5.74) is 5.91. The number of nitrogens with two attached hydrogens (primary N) is 1. The Labute approximate surface area is 146 Å². The molecule has 1 unspecified atom stereocenters. The Bertz CT molecular complexity index is 623. The lowest BCUT2D eigenvalue weighted by Crippen LogP contribution is -2.33. The average Bonchev–Trinajstić information content (AvgIpc) is 2.61. The Hall–Kier alpha value is -2.55. The number of hydrogen-bond acceptors (Lipinski definition) is 5. The zero-order chi connectivity index (χ0) is 19.7. The van der Waals surface area contributed by atoms with Gasteiger partial charge in [-0.05, 0) is 6.92 Å². The number of anilines is 1. The van der Waals surface area contributed by atoms with Crippen LogP contribution in [-0.2, 0) is 11.2 Å². The van der Waals surface area contributed by atoms with Crippen molar-refractivity contribution in [3.63, 3.8) is 0 Å². The van der Waals surface area contributed by atoms with Crippen LogP contribution in [0.4, 0.5) is 14.9 Å². The third-order valence-corrected chi connectivity index (χ3v) is 3.30. The smallest absolute Gasteiger partial charge is 0.320 e. The number of carbonyl (C=O) groups is 2. The molecule has 0 radical (unpaired) electrons. The number of benzene rings is 1. The summed E-state index contributed by atoms with van der Waals surface area (Å²) >= 11 is 0. The van der Waals surface area contributed by atoms with Crippen molar-refractivity contribution in [2.24, 2.45) is 5.73 Å². The number of halogens is 1. The molecule has 0 aliphatic heterocycles. The van der Waals surface area contributed by atoms with Crippen molar-refractivity contribution < 1.29 is 28.6 Å². The SMILES string of the molecule is CC.CNC(=O)Nc1c(C)c(OC)c(OC)c(F)c1CC(N)C(=O)O. The van der Waals surface area contributed by atoms with Crippen molar-refractivity contribution in [1.29, 1.82) is 0 Å². The zero-order valence-corrected chi connectivity index (χ0v) is 15.3. The molecule has 0 saturated heterocycles. The molecule has 5 N–H and O–H groups in total. The van der Waals surface area contributed by atoms with Crippen LogP contribution in [0, 0.1) is 12.7 Å². The molecule has 1 aromatic carbocycles. The number of aliphatic carboxylic acids is 1. The van der Waals surface area contributed by atoms with Gasteiger partial charge in [0.05, 0.1) is 19.9 Å². The highest BCUT2D eigenvalue weighted by atomic mass is 19.1. The lowest BCUT2D eigenvalue weighted by molar-refractivity contribution is -0.138. The Balaban J connectivity index is 0.00000277. The first-order chi connectivity index (χ1) is 11.8. The number of carbonyl (C=O) groups excluding carboxylic acids is 1. The predicted molar refractivity (Wildman–Crippen MR) is 93.0 cm³/mol. The predicted octanol–water partition coefficient (Wildman–Crippen LogP) is 1.88. The van der Waals surface area contributed by atoms with Gasteiger partial charge in [-0.1, -0.05) is 13.8 Å². The van der Waals surface area contributed by atoms with Gasteiger partial charge in [-0.25, -0.2) is 9.18 Å². The van der Waals surface area contributed by atoms with E-state index in [0.717, 1.165) is 0 Å². The van der Waals surface area contributed by atoms with Crippen LogP contribution in [0.15, 0.2) is 0 Å². The van der Waals surface area contributed by atoms with Gasteiger partial charge in [0, 0.05) is 24.6 Å². The van der Waals surface area contributed by atoms with Crippen LogP contribution in [-0.4, -0.2) is 44.4 Å². The van der Waals surface area contributed by atoms with Gasteiger partial charge in [0.1, 0.15) is 6.04 Å². The summed E-state index contributed by atoms with van der Waals surface area (Å²) in [5.74, 6) is -2.20. The zero-order valence-electron chi connectivity index (χ0n) is 15.3. The molecule has 9 heteroatoms. The molecule has 0 aliphatic rings. The van der Waals surface area contributed by atoms with Crippen LogP contribution in [0.25, 0.3) is 0 Å². The summed E-state index contributed by atoms with van der Waals surface area (Å²) in [6.45, 7) is 5.59. The largest absolute Gasteiger partial charge is 0.492 e. The maximum absolute atomic E-state index is 14.7. The summed E-state index contributed by atoms with van der Waals surface area (Å²) in [4.78, 5) is 22.6. The van der Waals surface area contributed by atoms with Crippen molar-refractivity contribution in [2.75, 3.05) is 26.6 Å². The highest BCUT2D eigenvalue weighted by molar-refractivity contribution is 5.92. The van der Waals surface area contributed by atoms with Gasteiger partial charge in [0.2, 0.25) is 0 Å². The Morgan fingerprint density at radius 2 is 1.76 bits per heavy atom. The van der Waals surface area contributed by atoms with Gasteiger partial charge in [-0.3, -0.25) is 4.79 Å². The first-order valence-electron chi connectivity index (χ1n) is 7.68. The molecule has 1 atom stereocenters. The van der Waals surface area contributed by atoms with E-state index in [2.05, 4.69) is 10.6 Å². The normalized spacial score (nSPS) is 10.9. The van der Waals surface area contributed by atoms with Crippen LogP contribution in [0.2, 0.25) is 0 Å². The molecule has 0 heterocycles. The fourth-order valence-electron chi connectivity index (χ4n) is 2.13. The number of hydrogen-bond donors (Lipinski definition) is 4. The van der Waals surface area contributed by atoms with Gasteiger partial charge in [0.15, 0.2) is 17.3 Å². The van der Waals surface area contributed by atoms with Crippen molar-refractivity contribution in [3.05, 3.63) is 16.9 Å². The van der Waals surface area contributed by atoms with Crippen LogP contribution in [0.5, 0.6) is 11.5 Å². The van der Waals surface area contributed by atoms with Crippen LogP contribution in [0.3, 0.4) is 0 Å². The quantitative estimate of drug-likeness (QED) is 0.615. The van der Waals surface area contributed by atoms with Crippen molar-refractivity contribution in [1.82, 2.24) is 5.32 Å². The summed E-state index contributed by atoms with van der Waals surface area (Å²) < 4.78 is 24.8. The van der Waals surface area contributed by atoms with E-state index in [1.54, 1.807) is 6.92 Å². The van der Waals surface area contributed by atoms with E-state index < -0.39 is 23.9 Å². The molecule has 0 aliphatic carbocycles. The second-order valence-electron chi connectivity index (χ2n) is 4.71. The number of rotatable bonds is 6. The Kier molecular flexibility index (Phi) is 9.29. The van der Waals surface area contributed by atoms with Crippen molar-refractivity contribution in [3.8, 4) is 11.5 Å². The maximum atomic E-state index is 14.7. The van der Waals surface area contributed by atoms with Gasteiger partial charge < -0.3 is 30.9 Å². The summed E-state index contributed by atoms with van der Waals surface area (Å²) in [6, 6.07) is -1.93. The van der Waals surface area contributed by atoms with Crippen molar-refractivity contribution in [2.45, 2.75) is 33.2 Å². The number of ether oxygens (including phenoxy) is 2. The molecule has 0 fully saturated rings. The fraction of sp³-hybridized carbons (Fsp3) is 0.500. The van der Waals surface area contributed by atoms with Crippen molar-refractivity contribution >= 4 is 17.7 Å². The van der Waals surface area contributed by atoms with E-state index in [1.807, 2.05) is 13.8 Å². The monoisotopic (exact) mass is 359 g/mol. The first-order valence-corrected chi connectivity index (χ1v) is 7.68. The molecular formula is C16H26FN3O5. The van der Waals surface area contributed by atoms with Gasteiger partial charge in [0.25, 0.3) is 0 Å². The van der Waals surface area contributed by atoms with E-state index in [9.17, 15) is 14.0 Å². The molecule has 2 amide bonds. The van der Waals surface area contributed by atoms with Gasteiger partial charge in [-0.2, -0.15) is 0 Å². The minimum absolute atomic E-state index is 0.0707. The van der Waals surface area contributed by atoms with E-state index in [1.165, 1.54) is 21.3 Å². The highest BCUT2D eigenvalue weighted by Crippen LogP contribution is 2.41. The summed E-state index contributed by atoms with van der Waals surface area (Å²) in [5, 5.41) is 13.7. The summed E-state index contributed by atoms with van der Waals surface area (Å²) in [7, 11) is 3.98. The maximum Gasteiger partial charge on any atom is 0.320 e. The molecule has 1 aromatic rings. The minimum atomic E-state index is -1.34. The second kappa shape index (κ2) is 10.3. The minimum Gasteiger partial charge on any atom is -0.492 e. The molecule has 0 aromatic heterocycles. The van der Waals surface area contributed by atoms with Crippen LogP contribution < -0.4 is 25.8 Å². The number of urea groups is 1. The summed E-state index contributed by atoms with van der Waals surface area (Å²) in [6.07, 6.45) is -0.332. The Morgan fingerprint density at radius 1 is 1.24 bits per heavy atom. The topological polar surface area (TPSA) is 123 Å². The molecule has 25 heavy (non-hydrogen) atoms. The number of nitrogens with one attached hydrogen (secondary N) is 2. The second-order valence-corrected chi connectivity index (χ2v) is 4.71. The number of amides is 2. The number of carboxylic acid groups (broad SMARTS) is 1. The lowest BCUT2D eigenvalue weighted by atomic mass is 9.98. The molecule has 0 saturated carbocycles. The number of carboxylic acids is 1. The molecule has 1 rings (SSSR count). The van der Waals surface area contributed by atoms with E-state index in [0.29, 0.717) is 5.56 Å². The molecule has 0 bridgehead atoms. The molecule has 0 spiro atoms. The lowest BCUT2D eigenvalue weighted by Gasteiger charge is -2.21. The third-order valence-electron chi connectivity index (χ3n) is 3.30. The standard InChI is InChI=1S/C14H20FN3O5.C2H6/c1-6-10(18-14(21)17-2)7(5-8(16)13(19)20)9(15)12(23-4)11(6)22-3;1-2/h8H,5,16H2,1-4H3,(H,19,20)(H2,17,18,21);1-2H3. The number of methoxy groups -OCH3 is 2. The van der Waals surface area contributed by atoms with Crippen LogP contribution in [0.1, 0.15) is 25.0 Å². The van der Waals surface area contributed by atoms with E-state index in [4.69, 9.17) is 20.3 Å². The Morgan fingerprint density at radius 3 is 2.16 bits per heavy atom. The van der Waals surface area contributed by atoms with Gasteiger partial charge in [-0.15, -0.1) is 0 Å². The fourth-order valence-corrected chi connectivity index (χ4v) is 2.13. The molecule has 142 valence electrons. The highest BCUT2D eigenvalue weighted by Gasteiger charge is 2.27. The van der Waals surface area contributed by atoms with E-state index >= 15 is 0 Å². The first kappa shape index (κ1) is 22.4. The van der Waals surface area contributed by atoms with Gasteiger partial charge >= 0.3 is 12.0 Å². The molecule has 8 nitrogen and oxygen atoms in total. The van der Waals surface area contributed by atoms with Crippen LogP contribution >= 0.6 is 0 Å². The molecular weight excluding hydrogens is 333 g/mol.